The highest BCUT2D eigenvalue weighted by Gasteiger charge is 2.24. The molecular formula is C20H17BrClN3O2. The molecule has 138 valence electrons. The van der Waals surface area contributed by atoms with Gasteiger partial charge in [0.1, 0.15) is 0 Å². The summed E-state index contributed by atoms with van der Waals surface area (Å²) in [4.78, 5) is 31.9. The van der Waals surface area contributed by atoms with Crippen LogP contribution in [0.15, 0.2) is 57.8 Å². The fourth-order valence-corrected chi connectivity index (χ4v) is 3.96. The van der Waals surface area contributed by atoms with Gasteiger partial charge in [-0.3, -0.25) is 9.59 Å². The van der Waals surface area contributed by atoms with Crippen molar-refractivity contribution in [1.82, 2.24) is 9.88 Å². The molecule has 5 nitrogen and oxygen atoms in total. The smallest absolute Gasteiger partial charge is 0.254 e. The molecule has 1 aromatic heterocycles. The predicted molar refractivity (Wildman–Crippen MR) is 112 cm³/mol. The minimum Gasteiger partial charge on any atom is -0.368 e. The molecule has 0 unspecified atom stereocenters. The average Bonchev–Trinajstić information content (AvgIpc) is 2.67. The zero-order valence-corrected chi connectivity index (χ0v) is 16.8. The number of nitrogens with zero attached hydrogens (tertiary/aromatic N) is 2. The lowest BCUT2D eigenvalue weighted by atomic mass is 10.1. The molecule has 0 radical (unpaired) electrons. The van der Waals surface area contributed by atoms with E-state index in [9.17, 15) is 9.59 Å². The van der Waals surface area contributed by atoms with Crippen LogP contribution in [0.2, 0.25) is 5.02 Å². The van der Waals surface area contributed by atoms with Crippen molar-refractivity contribution < 1.29 is 4.79 Å². The first-order valence-electron chi connectivity index (χ1n) is 8.64. The van der Waals surface area contributed by atoms with Crippen molar-refractivity contribution >= 4 is 50.0 Å². The van der Waals surface area contributed by atoms with Gasteiger partial charge in [0.15, 0.2) is 0 Å². The first kappa shape index (κ1) is 18.1. The fraction of sp³-hybridized carbons (Fsp3) is 0.200. The maximum Gasteiger partial charge on any atom is 0.254 e. The molecule has 1 saturated heterocycles. The number of amides is 1. The number of carbonyl (C=O) groups is 1. The monoisotopic (exact) mass is 445 g/mol. The summed E-state index contributed by atoms with van der Waals surface area (Å²) >= 11 is 9.51. The molecular weight excluding hydrogens is 430 g/mol. The Balaban J connectivity index is 1.57. The van der Waals surface area contributed by atoms with Crippen molar-refractivity contribution in [3.8, 4) is 0 Å². The van der Waals surface area contributed by atoms with Gasteiger partial charge >= 0.3 is 0 Å². The van der Waals surface area contributed by atoms with E-state index in [0.717, 1.165) is 28.6 Å². The zero-order chi connectivity index (χ0) is 19.0. The summed E-state index contributed by atoms with van der Waals surface area (Å²) in [5, 5.41) is 1.44. The number of nitrogens with one attached hydrogen (secondary N) is 1. The first-order chi connectivity index (χ1) is 13.0. The molecule has 1 aliphatic heterocycles. The summed E-state index contributed by atoms with van der Waals surface area (Å²) in [6.45, 7) is 2.62. The highest BCUT2D eigenvalue weighted by molar-refractivity contribution is 9.10. The van der Waals surface area contributed by atoms with Crippen LogP contribution < -0.4 is 10.5 Å². The standard InChI is InChI=1S/C20H17BrClN3O2/c21-13-4-5-18-16(10-13)17(12-19(26)23-18)20(27)25-8-6-24(7-9-25)15-3-1-2-14(22)11-15/h1-5,10-12H,6-9H2,(H,23,26). The van der Waals surface area contributed by atoms with E-state index in [1.165, 1.54) is 6.07 Å². The third kappa shape index (κ3) is 3.73. The Hall–Kier alpha value is -2.31. The third-order valence-electron chi connectivity index (χ3n) is 4.78. The summed E-state index contributed by atoms with van der Waals surface area (Å²) in [6, 6.07) is 14.6. The number of pyridine rings is 1. The minimum atomic E-state index is -0.272. The summed E-state index contributed by atoms with van der Waals surface area (Å²) < 4.78 is 0.863. The number of piperazine rings is 1. The number of aromatic amines is 1. The van der Waals surface area contributed by atoms with E-state index in [1.807, 2.05) is 36.4 Å². The third-order valence-corrected chi connectivity index (χ3v) is 5.50. The number of aromatic nitrogens is 1. The van der Waals surface area contributed by atoms with Gasteiger partial charge in [-0.05, 0) is 36.4 Å². The molecule has 0 spiro atoms. The van der Waals surface area contributed by atoms with E-state index in [4.69, 9.17) is 11.6 Å². The van der Waals surface area contributed by atoms with E-state index >= 15 is 0 Å². The largest absolute Gasteiger partial charge is 0.368 e. The summed E-state index contributed by atoms with van der Waals surface area (Å²) in [5.74, 6) is -0.116. The zero-order valence-electron chi connectivity index (χ0n) is 14.4. The van der Waals surface area contributed by atoms with E-state index in [0.29, 0.717) is 29.2 Å². The Labute approximate surface area is 169 Å². The molecule has 4 rings (SSSR count). The highest BCUT2D eigenvalue weighted by atomic mass is 79.9. The normalized spacial score (nSPS) is 14.6. The summed E-state index contributed by atoms with van der Waals surface area (Å²) in [7, 11) is 0. The van der Waals surface area contributed by atoms with Gasteiger partial charge in [-0.2, -0.15) is 0 Å². The lowest BCUT2D eigenvalue weighted by Crippen LogP contribution is -2.49. The molecule has 0 saturated carbocycles. The van der Waals surface area contributed by atoms with Crippen molar-refractivity contribution in [2.45, 2.75) is 0 Å². The van der Waals surface area contributed by atoms with Crippen LogP contribution in [-0.4, -0.2) is 42.0 Å². The van der Waals surface area contributed by atoms with E-state index in [2.05, 4.69) is 25.8 Å². The summed E-state index contributed by atoms with van der Waals surface area (Å²) in [6.07, 6.45) is 0. The van der Waals surface area contributed by atoms with Crippen LogP contribution in [0, 0.1) is 0 Å². The molecule has 1 N–H and O–H groups in total. The van der Waals surface area contributed by atoms with Crippen molar-refractivity contribution in [1.29, 1.82) is 0 Å². The van der Waals surface area contributed by atoms with Crippen LogP contribution in [0.1, 0.15) is 10.4 Å². The Morgan fingerprint density at radius 2 is 1.81 bits per heavy atom. The van der Waals surface area contributed by atoms with Crippen LogP contribution in [0.5, 0.6) is 0 Å². The van der Waals surface area contributed by atoms with Crippen LogP contribution in [0.4, 0.5) is 5.69 Å². The molecule has 0 bridgehead atoms. The maximum atomic E-state index is 13.1. The number of hydrogen-bond donors (Lipinski definition) is 1. The maximum absolute atomic E-state index is 13.1. The van der Waals surface area contributed by atoms with E-state index in [1.54, 1.807) is 11.0 Å². The number of H-pyrrole nitrogens is 1. The van der Waals surface area contributed by atoms with Crippen molar-refractivity contribution in [3.05, 3.63) is 73.9 Å². The number of halogens is 2. The topological polar surface area (TPSA) is 56.4 Å². The second-order valence-electron chi connectivity index (χ2n) is 6.50. The molecule has 1 fully saturated rings. The van der Waals surface area contributed by atoms with Crippen molar-refractivity contribution in [2.75, 3.05) is 31.1 Å². The Morgan fingerprint density at radius 1 is 1.04 bits per heavy atom. The Bertz CT molecular complexity index is 1070. The molecule has 3 aromatic rings. The Kier molecular flexibility index (Phi) is 4.93. The quantitative estimate of drug-likeness (QED) is 0.649. The van der Waals surface area contributed by atoms with Gasteiger partial charge in [0.2, 0.25) is 5.56 Å². The van der Waals surface area contributed by atoms with Crippen LogP contribution in [0.25, 0.3) is 10.9 Å². The minimum absolute atomic E-state index is 0.116. The second kappa shape index (κ2) is 7.37. The molecule has 7 heteroatoms. The van der Waals surface area contributed by atoms with Gasteiger partial charge in [0, 0.05) is 58.3 Å². The van der Waals surface area contributed by atoms with Crippen molar-refractivity contribution in [2.24, 2.45) is 0 Å². The lowest BCUT2D eigenvalue weighted by Gasteiger charge is -2.36. The van der Waals surface area contributed by atoms with E-state index < -0.39 is 0 Å². The van der Waals surface area contributed by atoms with Gasteiger partial charge in [0.05, 0.1) is 5.56 Å². The molecule has 0 aliphatic carbocycles. The van der Waals surface area contributed by atoms with Gasteiger partial charge in [-0.15, -0.1) is 0 Å². The number of benzene rings is 2. The van der Waals surface area contributed by atoms with Gasteiger partial charge < -0.3 is 14.8 Å². The van der Waals surface area contributed by atoms with Gasteiger partial charge in [-0.25, -0.2) is 0 Å². The predicted octanol–water partition coefficient (Wildman–Crippen LogP) is 3.91. The molecule has 27 heavy (non-hydrogen) atoms. The second-order valence-corrected chi connectivity index (χ2v) is 7.85. The average molecular weight is 447 g/mol. The lowest BCUT2D eigenvalue weighted by molar-refractivity contribution is 0.0748. The van der Waals surface area contributed by atoms with Gasteiger partial charge in [0.25, 0.3) is 5.91 Å². The van der Waals surface area contributed by atoms with Crippen LogP contribution >= 0.6 is 27.5 Å². The molecule has 1 amide bonds. The molecule has 2 heterocycles. The van der Waals surface area contributed by atoms with Gasteiger partial charge in [-0.1, -0.05) is 33.6 Å². The number of anilines is 1. The number of carbonyl (C=O) groups excluding carboxylic acids is 1. The van der Waals surface area contributed by atoms with Crippen LogP contribution in [0.3, 0.4) is 0 Å². The van der Waals surface area contributed by atoms with Crippen molar-refractivity contribution in [3.63, 3.8) is 0 Å². The van der Waals surface area contributed by atoms with E-state index in [-0.39, 0.29) is 11.5 Å². The molecule has 0 atom stereocenters. The fourth-order valence-electron chi connectivity index (χ4n) is 3.41. The molecule has 2 aromatic carbocycles. The first-order valence-corrected chi connectivity index (χ1v) is 9.81. The summed E-state index contributed by atoms with van der Waals surface area (Å²) in [5.41, 5.74) is 1.88. The van der Waals surface area contributed by atoms with Crippen LogP contribution in [-0.2, 0) is 0 Å². The number of rotatable bonds is 2. The number of fused-ring (bicyclic) bond motifs is 1. The Morgan fingerprint density at radius 3 is 2.56 bits per heavy atom. The highest BCUT2D eigenvalue weighted by Crippen LogP contribution is 2.24. The SMILES string of the molecule is O=C(c1cc(=O)[nH]c2ccc(Br)cc12)N1CCN(c2cccc(Cl)c2)CC1. The molecule has 1 aliphatic rings. The number of hydrogen-bond acceptors (Lipinski definition) is 3.